The lowest BCUT2D eigenvalue weighted by Gasteiger charge is -2.29. The minimum Gasteiger partial charge on any atom is -0.454 e. The van der Waals surface area contributed by atoms with Crippen LogP contribution in [0.3, 0.4) is 0 Å². The fourth-order valence-electron chi connectivity index (χ4n) is 2.98. The summed E-state index contributed by atoms with van der Waals surface area (Å²) >= 11 is 3.26. The van der Waals surface area contributed by atoms with Crippen LogP contribution in [-0.4, -0.2) is 43.0 Å². The second-order valence-corrected chi connectivity index (χ2v) is 7.66. The fourth-order valence-corrected chi connectivity index (χ4v) is 3.38. The van der Waals surface area contributed by atoms with Crippen LogP contribution in [0.5, 0.6) is 0 Å². The van der Waals surface area contributed by atoms with Crippen molar-refractivity contribution in [2.24, 2.45) is 5.92 Å². The Morgan fingerprint density at radius 1 is 1.18 bits per heavy atom. The molecule has 9 heteroatoms. The van der Waals surface area contributed by atoms with Crippen molar-refractivity contribution < 1.29 is 23.9 Å². The summed E-state index contributed by atoms with van der Waals surface area (Å²) in [6, 6.07) is 6.13. The molecule has 0 spiro atoms. The normalized spacial score (nSPS) is 18.6. The van der Waals surface area contributed by atoms with Crippen molar-refractivity contribution in [2.45, 2.75) is 38.6 Å². The van der Waals surface area contributed by atoms with Gasteiger partial charge in [0.15, 0.2) is 6.61 Å². The predicted octanol–water partition coefficient (Wildman–Crippen LogP) is 2.13. The summed E-state index contributed by atoms with van der Waals surface area (Å²) in [5, 5.41) is 7.32. The summed E-state index contributed by atoms with van der Waals surface area (Å²) in [4.78, 5) is 47.2. The third-order valence-electron chi connectivity index (χ3n) is 4.53. The van der Waals surface area contributed by atoms with Gasteiger partial charge in [0, 0.05) is 16.1 Å². The Balaban J connectivity index is 1.65. The van der Waals surface area contributed by atoms with Gasteiger partial charge in [-0.1, -0.05) is 41.8 Å². The molecule has 1 fully saturated rings. The molecule has 2 rings (SSSR count). The maximum absolute atomic E-state index is 11.9. The summed E-state index contributed by atoms with van der Waals surface area (Å²) in [5.74, 6) is -1.59. The number of benzene rings is 1. The van der Waals surface area contributed by atoms with Crippen LogP contribution in [0.4, 0.5) is 4.79 Å². The molecule has 1 aromatic carbocycles. The van der Waals surface area contributed by atoms with Crippen molar-refractivity contribution in [1.29, 1.82) is 0 Å². The molecule has 4 amide bonds. The molecule has 0 heterocycles. The number of nitrogens with one attached hydrogen (secondary N) is 3. The quantitative estimate of drug-likeness (QED) is 0.570. The van der Waals surface area contributed by atoms with Gasteiger partial charge in [-0.25, -0.2) is 4.79 Å². The van der Waals surface area contributed by atoms with E-state index in [1.807, 2.05) is 0 Å². The first-order valence-corrected chi connectivity index (χ1v) is 9.94. The van der Waals surface area contributed by atoms with Gasteiger partial charge in [0.05, 0.1) is 0 Å². The van der Waals surface area contributed by atoms with Crippen LogP contribution in [0.1, 0.15) is 43.0 Å². The molecule has 152 valence electrons. The Morgan fingerprint density at radius 3 is 2.64 bits per heavy atom. The number of rotatable bonds is 6. The highest BCUT2D eigenvalue weighted by Crippen LogP contribution is 2.23. The number of halogens is 1. The van der Waals surface area contributed by atoms with E-state index in [1.54, 1.807) is 24.3 Å². The topological polar surface area (TPSA) is 114 Å². The molecule has 3 N–H and O–H groups in total. The second kappa shape index (κ2) is 10.8. The van der Waals surface area contributed by atoms with E-state index in [9.17, 15) is 19.2 Å². The molecule has 0 aromatic heterocycles. The molecule has 8 nitrogen and oxygen atoms in total. The Hall–Kier alpha value is -2.42. The molecule has 1 aliphatic rings. The Bertz CT molecular complexity index is 740. The van der Waals surface area contributed by atoms with E-state index in [0.717, 1.165) is 30.2 Å². The van der Waals surface area contributed by atoms with E-state index < -0.39 is 30.4 Å². The number of urea groups is 1. The SMILES string of the molecule is CC1CCCCC1NC(=O)NC(=O)COC(=O)CNC(=O)c1cccc(Br)c1. The van der Waals surface area contributed by atoms with E-state index in [2.05, 4.69) is 38.8 Å². The largest absolute Gasteiger partial charge is 0.454 e. The summed E-state index contributed by atoms with van der Waals surface area (Å²) in [6.07, 6.45) is 4.12. The highest BCUT2D eigenvalue weighted by atomic mass is 79.9. The highest BCUT2D eigenvalue weighted by molar-refractivity contribution is 9.10. The average Bonchev–Trinajstić information content (AvgIpc) is 2.66. The predicted molar refractivity (Wildman–Crippen MR) is 106 cm³/mol. The molecule has 1 saturated carbocycles. The summed E-state index contributed by atoms with van der Waals surface area (Å²) in [7, 11) is 0. The molecule has 1 aliphatic carbocycles. The Labute approximate surface area is 171 Å². The number of hydrogen-bond acceptors (Lipinski definition) is 5. The summed E-state index contributed by atoms with van der Waals surface area (Å²) in [5.41, 5.74) is 0.383. The van der Waals surface area contributed by atoms with Crippen molar-refractivity contribution in [2.75, 3.05) is 13.2 Å². The number of imide groups is 1. The molecular formula is C19H24BrN3O5. The van der Waals surface area contributed by atoms with E-state index in [0.29, 0.717) is 11.5 Å². The van der Waals surface area contributed by atoms with Crippen LogP contribution in [0.15, 0.2) is 28.7 Å². The van der Waals surface area contributed by atoms with E-state index in [-0.39, 0.29) is 12.6 Å². The highest BCUT2D eigenvalue weighted by Gasteiger charge is 2.23. The number of carbonyl (C=O) groups is 4. The number of ether oxygens (including phenoxy) is 1. The molecule has 2 unspecified atom stereocenters. The molecule has 0 saturated heterocycles. The molecule has 28 heavy (non-hydrogen) atoms. The van der Waals surface area contributed by atoms with Gasteiger partial charge in [0.25, 0.3) is 11.8 Å². The zero-order valence-electron chi connectivity index (χ0n) is 15.6. The molecule has 1 aromatic rings. The van der Waals surface area contributed by atoms with Gasteiger partial charge in [0.2, 0.25) is 0 Å². The van der Waals surface area contributed by atoms with Crippen molar-refractivity contribution >= 4 is 39.7 Å². The van der Waals surface area contributed by atoms with Crippen molar-refractivity contribution in [3.05, 3.63) is 34.3 Å². The Morgan fingerprint density at radius 2 is 1.93 bits per heavy atom. The van der Waals surface area contributed by atoms with E-state index in [4.69, 9.17) is 4.74 Å². The summed E-state index contributed by atoms with van der Waals surface area (Å²) < 4.78 is 5.51. The fraction of sp³-hybridized carbons (Fsp3) is 0.474. The van der Waals surface area contributed by atoms with E-state index >= 15 is 0 Å². The van der Waals surface area contributed by atoms with Gasteiger partial charge in [-0.2, -0.15) is 0 Å². The Kier molecular flexibility index (Phi) is 8.43. The average molecular weight is 454 g/mol. The molecular weight excluding hydrogens is 430 g/mol. The van der Waals surface area contributed by atoms with Gasteiger partial charge >= 0.3 is 12.0 Å². The molecule has 0 aliphatic heterocycles. The monoisotopic (exact) mass is 453 g/mol. The molecule has 0 radical (unpaired) electrons. The smallest absolute Gasteiger partial charge is 0.325 e. The van der Waals surface area contributed by atoms with Gasteiger partial charge < -0.3 is 15.4 Å². The first-order valence-electron chi connectivity index (χ1n) is 9.15. The lowest BCUT2D eigenvalue weighted by Crippen LogP contribution is -2.48. The van der Waals surface area contributed by atoms with Gasteiger partial charge in [-0.05, 0) is 37.0 Å². The van der Waals surface area contributed by atoms with Crippen LogP contribution in [0, 0.1) is 5.92 Å². The lowest BCUT2D eigenvalue weighted by atomic mass is 9.86. The summed E-state index contributed by atoms with van der Waals surface area (Å²) in [6.45, 7) is 1.08. The van der Waals surface area contributed by atoms with Crippen LogP contribution < -0.4 is 16.0 Å². The van der Waals surface area contributed by atoms with Crippen LogP contribution >= 0.6 is 15.9 Å². The van der Waals surface area contributed by atoms with Crippen molar-refractivity contribution in [3.8, 4) is 0 Å². The number of esters is 1. The van der Waals surface area contributed by atoms with Crippen molar-refractivity contribution in [1.82, 2.24) is 16.0 Å². The van der Waals surface area contributed by atoms with Crippen molar-refractivity contribution in [3.63, 3.8) is 0 Å². The maximum atomic E-state index is 11.9. The van der Waals surface area contributed by atoms with Crippen LogP contribution in [-0.2, 0) is 14.3 Å². The standard InChI is InChI=1S/C19H24BrN3O5/c1-12-5-2-3-8-15(12)22-19(27)23-16(24)11-28-17(25)10-21-18(26)13-6-4-7-14(20)9-13/h4,6-7,9,12,15H,2-3,5,8,10-11H2,1H3,(H,21,26)(H2,22,23,24,27). The third-order valence-corrected chi connectivity index (χ3v) is 5.02. The zero-order valence-corrected chi connectivity index (χ0v) is 17.2. The first kappa shape index (κ1) is 21.9. The van der Waals surface area contributed by atoms with Gasteiger partial charge in [-0.15, -0.1) is 0 Å². The minimum absolute atomic E-state index is 0.0392. The maximum Gasteiger partial charge on any atom is 0.325 e. The van der Waals surface area contributed by atoms with Crippen LogP contribution in [0.2, 0.25) is 0 Å². The number of hydrogen-bond donors (Lipinski definition) is 3. The molecule has 0 bridgehead atoms. The number of carbonyl (C=O) groups excluding carboxylic acids is 4. The van der Waals surface area contributed by atoms with Gasteiger partial charge in [0.1, 0.15) is 6.54 Å². The minimum atomic E-state index is -0.778. The first-order chi connectivity index (χ1) is 13.3. The molecule has 2 atom stereocenters. The lowest BCUT2D eigenvalue weighted by molar-refractivity contribution is -0.147. The van der Waals surface area contributed by atoms with E-state index in [1.165, 1.54) is 0 Å². The zero-order chi connectivity index (χ0) is 20.5. The second-order valence-electron chi connectivity index (χ2n) is 6.74. The van der Waals surface area contributed by atoms with Crippen LogP contribution in [0.25, 0.3) is 0 Å². The number of amides is 4. The third kappa shape index (κ3) is 7.30. The van der Waals surface area contributed by atoms with Gasteiger partial charge in [-0.3, -0.25) is 19.7 Å².